The number of urea groups is 1. The number of nitrogens with one attached hydrogen (secondary N) is 1. The van der Waals surface area contributed by atoms with E-state index in [0.717, 1.165) is 5.56 Å². The molecule has 1 heterocycles. The first-order valence-electron chi connectivity index (χ1n) is 8.74. The first-order chi connectivity index (χ1) is 12.9. The Morgan fingerprint density at radius 2 is 1.78 bits per heavy atom. The van der Waals surface area contributed by atoms with Crippen molar-refractivity contribution < 1.29 is 22.7 Å². The van der Waals surface area contributed by atoms with Gasteiger partial charge in [0.25, 0.3) is 5.92 Å². The van der Waals surface area contributed by atoms with Gasteiger partial charge >= 0.3 is 6.03 Å². The van der Waals surface area contributed by atoms with E-state index in [1.165, 1.54) is 11.0 Å². The van der Waals surface area contributed by atoms with Gasteiger partial charge in [-0.25, -0.2) is 18.0 Å². The molecule has 4 rings (SSSR count). The number of benzene rings is 2. The third-order valence-corrected chi connectivity index (χ3v) is 5.20. The van der Waals surface area contributed by atoms with E-state index in [-0.39, 0.29) is 38.0 Å². The Morgan fingerprint density at radius 3 is 2.41 bits per heavy atom. The summed E-state index contributed by atoms with van der Waals surface area (Å²) < 4.78 is 45.4. The molecule has 1 aliphatic heterocycles. The second-order valence-electron chi connectivity index (χ2n) is 7.20. The first-order valence-corrected chi connectivity index (χ1v) is 8.74. The summed E-state index contributed by atoms with van der Waals surface area (Å²) in [4.78, 5) is 13.4. The molecule has 2 amide bonds. The molecule has 0 bridgehead atoms. The maximum Gasteiger partial charge on any atom is 0.317 e. The maximum absolute atomic E-state index is 13.6. The maximum atomic E-state index is 13.6. The fourth-order valence-corrected chi connectivity index (χ4v) is 3.32. The van der Waals surface area contributed by atoms with Crippen LogP contribution in [0.1, 0.15) is 17.5 Å². The normalized spacial score (nSPS) is 18.7. The van der Waals surface area contributed by atoms with Crippen LogP contribution in [0.25, 0.3) is 0 Å². The van der Waals surface area contributed by atoms with Crippen LogP contribution in [0.15, 0.2) is 48.5 Å². The quantitative estimate of drug-likeness (QED) is 0.858. The van der Waals surface area contributed by atoms with Gasteiger partial charge in [-0.15, -0.1) is 0 Å². The van der Waals surface area contributed by atoms with Crippen molar-refractivity contribution in [1.29, 1.82) is 0 Å². The van der Waals surface area contributed by atoms with Gasteiger partial charge in [-0.1, -0.05) is 30.3 Å². The van der Waals surface area contributed by atoms with Gasteiger partial charge in [0.1, 0.15) is 18.2 Å². The van der Waals surface area contributed by atoms with E-state index in [0.29, 0.717) is 17.9 Å². The lowest BCUT2D eigenvalue weighted by atomic mass is 9.96. The smallest absolute Gasteiger partial charge is 0.317 e. The predicted octanol–water partition coefficient (Wildman–Crippen LogP) is 3.96. The van der Waals surface area contributed by atoms with Crippen LogP contribution in [0.5, 0.6) is 5.75 Å². The second kappa shape index (κ2) is 6.48. The van der Waals surface area contributed by atoms with Crippen LogP contribution in [0.2, 0.25) is 0 Å². The highest BCUT2D eigenvalue weighted by atomic mass is 19.3. The second-order valence-corrected chi connectivity index (χ2v) is 7.20. The molecule has 4 nitrogen and oxygen atoms in total. The molecule has 1 aliphatic carbocycles. The van der Waals surface area contributed by atoms with E-state index >= 15 is 0 Å². The van der Waals surface area contributed by atoms with E-state index in [2.05, 4.69) is 5.32 Å². The summed E-state index contributed by atoms with van der Waals surface area (Å²) >= 11 is 0. The van der Waals surface area contributed by atoms with Crippen molar-refractivity contribution in [2.75, 3.05) is 13.1 Å². The summed E-state index contributed by atoms with van der Waals surface area (Å²) in [7, 11) is 0. The lowest BCUT2D eigenvalue weighted by molar-refractivity contribution is -0.00511. The zero-order valence-corrected chi connectivity index (χ0v) is 14.6. The van der Waals surface area contributed by atoms with Gasteiger partial charge < -0.3 is 15.0 Å². The van der Waals surface area contributed by atoms with Gasteiger partial charge in [0.15, 0.2) is 0 Å². The van der Waals surface area contributed by atoms with Crippen molar-refractivity contribution in [3.63, 3.8) is 0 Å². The topological polar surface area (TPSA) is 41.6 Å². The average Bonchev–Trinajstić information content (AvgIpc) is 3.21. The van der Waals surface area contributed by atoms with Crippen LogP contribution in [0, 0.1) is 11.2 Å². The summed E-state index contributed by atoms with van der Waals surface area (Å²) in [5.74, 6) is -2.33. The van der Waals surface area contributed by atoms with Crippen LogP contribution in [-0.4, -0.2) is 29.9 Å². The molecule has 2 aromatic rings. The van der Waals surface area contributed by atoms with Crippen LogP contribution in [-0.2, 0) is 13.2 Å². The molecule has 0 aromatic heterocycles. The fraction of sp³-hybridized carbons (Fsp3) is 0.350. The van der Waals surface area contributed by atoms with Gasteiger partial charge in [0.2, 0.25) is 0 Å². The first kappa shape index (κ1) is 17.7. The molecule has 2 aromatic carbocycles. The highest BCUT2D eigenvalue weighted by Gasteiger charge is 2.76. The summed E-state index contributed by atoms with van der Waals surface area (Å²) in [6, 6.07) is 13.2. The molecule has 1 N–H and O–H groups in total. The van der Waals surface area contributed by atoms with Gasteiger partial charge in [-0.3, -0.25) is 0 Å². The number of halogens is 3. The van der Waals surface area contributed by atoms with Crippen LogP contribution >= 0.6 is 0 Å². The number of alkyl halides is 2. The summed E-state index contributed by atoms with van der Waals surface area (Å²) in [6.45, 7) is 0.666. The Balaban J connectivity index is 1.23. The van der Waals surface area contributed by atoms with E-state index in [1.807, 2.05) is 0 Å². The largest absolute Gasteiger partial charge is 0.489 e. The Hall–Kier alpha value is -2.70. The monoisotopic (exact) mass is 376 g/mol. The molecule has 1 saturated heterocycles. The SMILES string of the molecule is O=C(NCc1ccc(OCc2ccccc2F)cc1)N1CC2(C1)CC2(F)F. The standard InChI is InChI=1S/C20H19F3N2O2/c21-17-4-2-1-3-15(17)10-27-16-7-5-14(6-8-16)9-24-18(26)25-12-19(13-25)11-20(19,22)23/h1-8H,9-13H2,(H,24,26). The van der Waals surface area contributed by atoms with Gasteiger partial charge in [-0.2, -0.15) is 0 Å². The van der Waals surface area contributed by atoms with Crippen molar-refractivity contribution in [2.24, 2.45) is 5.41 Å². The Morgan fingerprint density at radius 1 is 1.11 bits per heavy atom. The number of carbonyl (C=O) groups excluding carboxylic acids is 1. The number of nitrogens with zero attached hydrogens (tertiary/aromatic N) is 1. The van der Waals surface area contributed by atoms with Gasteiger partial charge in [-0.05, 0) is 23.8 Å². The average molecular weight is 376 g/mol. The van der Waals surface area contributed by atoms with Gasteiger partial charge in [0, 0.05) is 31.6 Å². The summed E-state index contributed by atoms with van der Waals surface area (Å²) in [5, 5.41) is 2.73. The molecule has 0 radical (unpaired) electrons. The molecular weight excluding hydrogens is 357 g/mol. The molecule has 142 valence electrons. The summed E-state index contributed by atoms with van der Waals surface area (Å²) in [5.41, 5.74) is 0.373. The van der Waals surface area contributed by atoms with E-state index in [4.69, 9.17) is 4.74 Å². The minimum absolute atomic E-state index is 0.113. The Labute approximate surface area is 154 Å². The van der Waals surface area contributed by atoms with Crippen molar-refractivity contribution in [3.05, 3.63) is 65.5 Å². The molecular formula is C20H19F3N2O2. The Bertz CT molecular complexity index is 849. The van der Waals surface area contributed by atoms with Crippen LogP contribution < -0.4 is 10.1 Å². The van der Waals surface area contributed by atoms with Crippen LogP contribution in [0.4, 0.5) is 18.0 Å². The highest BCUT2D eigenvalue weighted by Crippen LogP contribution is 2.65. The molecule has 1 spiro atoms. The molecule has 1 saturated carbocycles. The number of amides is 2. The Kier molecular flexibility index (Phi) is 4.25. The number of hydrogen-bond donors (Lipinski definition) is 1. The van der Waals surface area contributed by atoms with E-state index < -0.39 is 11.3 Å². The molecule has 27 heavy (non-hydrogen) atoms. The molecule has 0 unspecified atom stereocenters. The number of likely N-dealkylation sites (tertiary alicyclic amines) is 1. The number of rotatable bonds is 5. The highest BCUT2D eigenvalue weighted by molar-refractivity contribution is 5.75. The zero-order valence-electron chi connectivity index (χ0n) is 14.6. The number of ether oxygens (including phenoxy) is 1. The third-order valence-electron chi connectivity index (χ3n) is 5.20. The number of carbonyl (C=O) groups is 1. The minimum Gasteiger partial charge on any atom is -0.489 e. The third kappa shape index (κ3) is 3.46. The minimum atomic E-state index is -2.61. The molecule has 2 aliphatic rings. The van der Waals surface area contributed by atoms with E-state index in [1.54, 1.807) is 42.5 Å². The fourth-order valence-electron chi connectivity index (χ4n) is 3.32. The lowest BCUT2D eigenvalue weighted by Crippen LogP contribution is -2.56. The van der Waals surface area contributed by atoms with Crippen molar-refractivity contribution in [1.82, 2.24) is 10.2 Å². The molecule has 0 atom stereocenters. The van der Waals surface area contributed by atoms with Crippen molar-refractivity contribution in [3.8, 4) is 5.75 Å². The predicted molar refractivity (Wildman–Crippen MR) is 93.0 cm³/mol. The van der Waals surface area contributed by atoms with Crippen molar-refractivity contribution >= 4 is 6.03 Å². The van der Waals surface area contributed by atoms with Crippen molar-refractivity contribution in [2.45, 2.75) is 25.5 Å². The van der Waals surface area contributed by atoms with Crippen LogP contribution in [0.3, 0.4) is 0 Å². The lowest BCUT2D eigenvalue weighted by Gasteiger charge is -2.39. The zero-order chi connectivity index (χ0) is 19.1. The molecule has 7 heteroatoms. The number of hydrogen-bond acceptors (Lipinski definition) is 2. The summed E-state index contributed by atoms with van der Waals surface area (Å²) in [6.07, 6.45) is -0.113. The molecule has 2 fully saturated rings. The van der Waals surface area contributed by atoms with Gasteiger partial charge in [0.05, 0.1) is 5.41 Å². The van der Waals surface area contributed by atoms with E-state index in [9.17, 15) is 18.0 Å².